The molecule has 0 aromatic carbocycles. The maximum Gasteiger partial charge on any atom is 0.248 e. The van der Waals surface area contributed by atoms with E-state index in [0.717, 1.165) is 0 Å². The normalized spacial score (nSPS) is 21.1. The molecule has 1 atom stereocenters. The molecule has 1 saturated heterocycles. The number of hydrogen-bond donors (Lipinski definition) is 4. The first-order valence-electron chi connectivity index (χ1n) is 5.08. The average molecular weight is 231 g/mol. The Bertz CT molecular complexity index is 276. The van der Waals surface area contributed by atoms with E-state index in [1.807, 2.05) is 0 Å². The van der Waals surface area contributed by atoms with Crippen LogP contribution in [-0.4, -0.2) is 48.3 Å². The van der Waals surface area contributed by atoms with Crippen molar-refractivity contribution in [1.29, 1.82) is 0 Å². The van der Waals surface area contributed by atoms with Crippen molar-refractivity contribution >= 4 is 11.8 Å². The fraction of sp³-hybridized carbons (Fsp3) is 0.778. The highest BCUT2D eigenvalue weighted by atomic mass is 16.5. The summed E-state index contributed by atoms with van der Waals surface area (Å²) >= 11 is 0. The lowest BCUT2D eigenvalue weighted by Gasteiger charge is -2.31. The Morgan fingerprint density at radius 2 is 2.00 bits per heavy atom. The van der Waals surface area contributed by atoms with Crippen LogP contribution < -0.4 is 16.8 Å². The van der Waals surface area contributed by atoms with Crippen molar-refractivity contribution in [3.63, 3.8) is 0 Å². The Labute approximate surface area is 93.1 Å². The van der Waals surface area contributed by atoms with Gasteiger partial charge in [-0.15, -0.1) is 0 Å². The van der Waals surface area contributed by atoms with Crippen LogP contribution >= 0.6 is 0 Å². The molecule has 1 rings (SSSR count). The SMILES string of the molecule is NC(=O)C(O)CNC(=O)C1(N)CCOCC1. The number of nitrogens with two attached hydrogens (primary N) is 2. The largest absolute Gasteiger partial charge is 0.381 e. The topological polar surface area (TPSA) is 128 Å². The van der Waals surface area contributed by atoms with Crippen LogP contribution in [0.5, 0.6) is 0 Å². The number of hydrogen-bond acceptors (Lipinski definition) is 5. The summed E-state index contributed by atoms with van der Waals surface area (Å²) in [5.41, 5.74) is 9.74. The lowest BCUT2D eigenvalue weighted by molar-refractivity contribution is -0.131. The molecule has 0 bridgehead atoms. The van der Waals surface area contributed by atoms with Crippen LogP contribution in [0.2, 0.25) is 0 Å². The number of amides is 2. The Hall–Kier alpha value is -1.18. The van der Waals surface area contributed by atoms with Gasteiger partial charge in [0.2, 0.25) is 11.8 Å². The molecule has 7 heteroatoms. The van der Waals surface area contributed by atoms with Gasteiger partial charge >= 0.3 is 0 Å². The van der Waals surface area contributed by atoms with E-state index in [9.17, 15) is 9.59 Å². The summed E-state index contributed by atoms with van der Waals surface area (Å²) in [5.74, 6) is -1.27. The Balaban J connectivity index is 2.42. The fourth-order valence-corrected chi connectivity index (χ4v) is 1.43. The molecule has 1 fully saturated rings. The monoisotopic (exact) mass is 231 g/mol. The van der Waals surface area contributed by atoms with Crippen molar-refractivity contribution in [1.82, 2.24) is 5.32 Å². The van der Waals surface area contributed by atoms with Crippen molar-refractivity contribution in [3.05, 3.63) is 0 Å². The quantitative estimate of drug-likeness (QED) is 0.424. The summed E-state index contributed by atoms with van der Waals surface area (Å²) in [6.45, 7) is 0.651. The van der Waals surface area contributed by atoms with Gasteiger partial charge in [-0.1, -0.05) is 0 Å². The second-order valence-electron chi connectivity index (χ2n) is 3.90. The third-order valence-corrected chi connectivity index (χ3v) is 2.62. The summed E-state index contributed by atoms with van der Waals surface area (Å²) in [4.78, 5) is 22.2. The lowest BCUT2D eigenvalue weighted by atomic mass is 9.90. The molecule has 0 saturated carbocycles. The van der Waals surface area contributed by atoms with Gasteiger partial charge in [0, 0.05) is 13.2 Å². The molecule has 1 aliphatic heterocycles. The van der Waals surface area contributed by atoms with E-state index in [2.05, 4.69) is 5.32 Å². The van der Waals surface area contributed by atoms with Crippen LogP contribution in [0.15, 0.2) is 0 Å². The number of aliphatic hydroxyl groups excluding tert-OH is 1. The molecule has 0 radical (unpaired) electrons. The summed E-state index contributed by atoms with van der Waals surface area (Å²) in [6, 6.07) is 0. The van der Waals surface area contributed by atoms with Crippen LogP contribution in [0.4, 0.5) is 0 Å². The van der Waals surface area contributed by atoms with E-state index in [1.54, 1.807) is 0 Å². The van der Waals surface area contributed by atoms with Gasteiger partial charge in [0.1, 0.15) is 6.10 Å². The number of carbonyl (C=O) groups excluding carboxylic acids is 2. The smallest absolute Gasteiger partial charge is 0.248 e. The van der Waals surface area contributed by atoms with Crippen LogP contribution in [0, 0.1) is 0 Å². The number of ether oxygens (including phenoxy) is 1. The first-order valence-corrected chi connectivity index (χ1v) is 5.08. The highest BCUT2D eigenvalue weighted by Crippen LogP contribution is 2.17. The predicted molar refractivity (Wildman–Crippen MR) is 55.2 cm³/mol. The maximum atomic E-state index is 11.7. The zero-order valence-electron chi connectivity index (χ0n) is 8.94. The zero-order valence-corrected chi connectivity index (χ0v) is 8.94. The number of primary amides is 1. The third-order valence-electron chi connectivity index (χ3n) is 2.62. The molecule has 1 aliphatic rings. The number of carbonyl (C=O) groups is 2. The van der Waals surface area contributed by atoms with Gasteiger partial charge in [-0.3, -0.25) is 9.59 Å². The van der Waals surface area contributed by atoms with Crippen molar-refractivity contribution < 1.29 is 19.4 Å². The fourth-order valence-electron chi connectivity index (χ4n) is 1.43. The second kappa shape index (κ2) is 5.24. The van der Waals surface area contributed by atoms with Gasteiger partial charge in [-0.05, 0) is 12.8 Å². The van der Waals surface area contributed by atoms with Gasteiger partial charge in [0.05, 0.1) is 12.1 Å². The van der Waals surface area contributed by atoms with Crippen molar-refractivity contribution in [2.45, 2.75) is 24.5 Å². The van der Waals surface area contributed by atoms with Crippen LogP contribution in [0.25, 0.3) is 0 Å². The van der Waals surface area contributed by atoms with Gasteiger partial charge in [-0.25, -0.2) is 0 Å². The molecule has 16 heavy (non-hydrogen) atoms. The van der Waals surface area contributed by atoms with E-state index >= 15 is 0 Å². The molecule has 1 unspecified atom stereocenters. The van der Waals surface area contributed by atoms with Crippen molar-refractivity contribution in [2.24, 2.45) is 11.5 Å². The van der Waals surface area contributed by atoms with Gasteiger partial charge in [0.25, 0.3) is 0 Å². The number of aliphatic hydroxyl groups is 1. The number of nitrogens with one attached hydrogen (secondary N) is 1. The molecule has 0 spiro atoms. The molecule has 92 valence electrons. The third kappa shape index (κ3) is 3.16. The summed E-state index contributed by atoms with van der Waals surface area (Å²) in [7, 11) is 0. The standard InChI is InChI=1S/C9H17N3O4/c10-7(14)6(13)5-12-8(15)9(11)1-3-16-4-2-9/h6,13H,1-5,11H2,(H2,10,14)(H,12,15). The number of rotatable bonds is 4. The molecule has 0 aliphatic carbocycles. The van der Waals surface area contributed by atoms with E-state index < -0.39 is 23.5 Å². The molecule has 1 heterocycles. The summed E-state index contributed by atoms with van der Waals surface area (Å²) in [6.07, 6.45) is -0.538. The van der Waals surface area contributed by atoms with Gasteiger partial charge in [-0.2, -0.15) is 0 Å². The van der Waals surface area contributed by atoms with E-state index in [-0.39, 0.29) is 6.54 Å². The van der Waals surface area contributed by atoms with Gasteiger partial charge in [0.15, 0.2) is 0 Å². The molecule has 0 aromatic rings. The van der Waals surface area contributed by atoms with Crippen LogP contribution in [0.3, 0.4) is 0 Å². The first kappa shape index (κ1) is 12.9. The van der Waals surface area contributed by atoms with E-state index in [1.165, 1.54) is 0 Å². The molecule has 6 N–H and O–H groups in total. The van der Waals surface area contributed by atoms with E-state index in [0.29, 0.717) is 26.1 Å². The summed E-state index contributed by atoms with van der Waals surface area (Å²) < 4.78 is 5.10. The average Bonchev–Trinajstić information content (AvgIpc) is 2.26. The Morgan fingerprint density at radius 1 is 1.44 bits per heavy atom. The van der Waals surface area contributed by atoms with Gasteiger partial charge < -0.3 is 26.6 Å². The molecular weight excluding hydrogens is 214 g/mol. The second-order valence-corrected chi connectivity index (χ2v) is 3.90. The Morgan fingerprint density at radius 3 is 2.50 bits per heavy atom. The zero-order chi connectivity index (χ0) is 12.2. The molecule has 2 amide bonds. The predicted octanol–water partition coefficient (Wildman–Crippen LogP) is -2.54. The summed E-state index contributed by atoms with van der Waals surface area (Å²) in [5, 5.41) is 11.5. The van der Waals surface area contributed by atoms with Crippen LogP contribution in [-0.2, 0) is 14.3 Å². The minimum atomic E-state index is -1.38. The molecular formula is C9H17N3O4. The van der Waals surface area contributed by atoms with Crippen molar-refractivity contribution in [3.8, 4) is 0 Å². The highest BCUT2D eigenvalue weighted by Gasteiger charge is 2.36. The van der Waals surface area contributed by atoms with Crippen LogP contribution in [0.1, 0.15) is 12.8 Å². The molecule has 0 aromatic heterocycles. The van der Waals surface area contributed by atoms with E-state index in [4.69, 9.17) is 21.3 Å². The minimum absolute atomic E-state index is 0.214. The minimum Gasteiger partial charge on any atom is -0.381 e. The maximum absolute atomic E-state index is 11.7. The lowest BCUT2D eigenvalue weighted by Crippen LogP contribution is -2.58. The first-order chi connectivity index (χ1) is 7.46. The highest BCUT2D eigenvalue weighted by molar-refractivity contribution is 5.87. The molecule has 7 nitrogen and oxygen atoms in total. The van der Waals surface area contributed by atoms with Crippen molar-refractivity contribution in [2.75, 3.05) is 19.8 Å². The Kier molecular flexibility index (Phi) is 4.22.